The van der Waals surface area contributed by atoms with Gasteiger partial charge in [-0.15, -0.1) is 0 Å². The minimum atomic E-state index is 0.537. The summed E-state index contributed by atoms with van der Waals surface area (Å²) in [6.07, 6.45) is 3.93. The maximum atomic E-state index is 4.31. The lowest BCUT2D eigenvalue weighted by Gasteiger charge is -2.31. The summed E-state index contributed by atoms with van der Waals surface area (Å²) in [5, 5.41) is 12.2. The Kier molecular flexibility index (Phi) is 3.53. The van der Waals surface area contributed by atoms with Crippen molar-refractivity contribution in [2.75, 3.05) is 18.0 Å². The van der Waals surface area contributed by atoms with Crippen LogP contribution in [0.3, 0.4) is 0 Å². The fraction of sp³-hybridized carbons (Fsp3) is 0.375. The standard InChI is InChI=1S/C16H19N7/c1-12-15(18-11-17-12)13-7-9-22(10-8-13)16-19-20-21-23(16)14-5-3-2-4-6-14/h2-6,11,13H,7-10H2,1H3,(H,17,18). The van der Waals surface area contributed by atoms with Crippen molar-refractivity contribution in [3.05, 3.63) is 48.0 Å². The number of rotatable bonds is 3. The third kappa shape index (κ3) is 2.58. The van der Waals surface area contributed by atoms with E-state index in [-0.39, 0.29) is 0 Å². The molecule has 1 aliphatic heterocycles. The van der Waals surface area contributed by atoms with Crippen LogP contribution in [0.25, 0.3) is 5.69 Å². The van der Waals surface area contributed by atoms with Crippen molar-refractivity contribution in [1.82, 2.24) is 30.2 Å². The van der Waals surface area contributed by atoms with Crippen LogP contribution < -0.4 is 4.90 Å². The van der Waals surface area contributed by atoms with Gasteiger partial charge in [0.25, 0.3) is 0 Å². The number of hydrogen-bond acceptors (Lipinski definition) is 5. The first-order valence-corrected chi connectivity index (χ1v) is 7.91. The number of aromatic nitrogens is 6. The maximum absolute atomic E-state index is 4.31. The Morgan fingerprint density at radius 3 is 2.61 bits per heavy atom. The summed E-state index contributed by atoms with van der Waals surface area (Å²) in [4.78, 5) is 9.85. The van der Waals surface area contributed by atoms with Crippen molar-refractivity contribution < 1.29 is 0 Å². The molecule has 3 aromatic rings. The zero-order chi connectivity index (χ0) is 15.6. The number of aryl methyl sites for hydroxylation is 1. The Morgan fingerprint density at radius 1 is 1.13 bits per heavy atom. The number of para-hydroxylation sites is 1. The number of piperidine rings is 1. The second-order valence-electron chi connectivity index (χ2n) is 5.89. The lowest BCUT2D eigenvalue weighted by molar-refractivity contribution is 0.488. The fourth-order valence-corrected chi connectivity index (χ4v) is 3.27. The van der Waals surface area contributed by atoms with Crippen molar-refractivity contribution in [2.24, 2.45) is 0 Å². The number of anilines is 1. The average molecular weight is 309 g/mol. The number of aromatic amines is 1. The number of benzene rings is 1. The van der Waals surface area contributed by atoms with Gasteiger partial charge in [0.1, 0.15) is 0 Å². The molecule has 1 aliphatic rings. The zero-order valence-corrected chi connectivity index (χ0v) is 13.1. The first-order valence-electron chi connectivity index (χ1n) is 7.91. The van der Waals surface area contributed by atoms with Gasteiger partial charge in [-0.1, -0.05) is 23.3 Å². The molecule has 23 heavy (non-hydrogen) atoms. The Bertz CT molecular complexity index is 769. The van der Waals surface area contributed by atoms with Gasteiger partial charge in [0.05, 0.1) is 17.7 Å². The van der Waals surface area contributed by atoms with Gasteiger partial charge in [0.15, 0.2) is 0 Å². The van der Waals surface area contributed by atoms with Crippen LogP contribution >= 0.6 is 0 Å². The molecule has 0 amide bonds. The van der Waals surface area contributed by atoms with E-state index in [0.29, 0.717) is 5.92 Å². The van der Waals surface area contributed by atoms with Gasteiger partial charge >= 0.3 is 0 Å². The van der Waals surface area contributed by atoms with E-state index in [4.69, 9.17) is 0 Å². The molecule has 0 bridgehead atoms. The molecule has 1 saturated heterocycles. The molecule has 7 heteroatoms. The van der Waals surface area contributed by atoms with Crippen LogP contribution in [0, 0.1) is 6.92 Å². The number of nitrogens with one attached hydrogen (secondary N) is 1. The second kappa shape index (κ2) is 5.83. The molecule has 118 valence electrons. The highest BCUT2D eigenvalue weighted by atomic mass is 15.6. The summed E-state index contributed by atoms with van der Waals surface area (Å²) in [6.45, 7) is 3.95. The quantitative estimate of drug-likeness (QED) is 0.801. The van der Waals surface area contributed by atoms with E-state index in [2.05, 4.69) is 37.3 Å². The number of tetrazole rings is 1. The maximum Gasteiger partial charge on any atom is 0.250 e. The van der Waals surface area contributed by atoms with Gasteiger partial charge < -0.3 is 9.88 Å². The Hall–Kier alpha value is -2.70. The first kappa shape index (κ1) is 13.9. The highest BCUT2D eigenvalue weighted by Gasteiger charge is 2.26. The van der Waals surface area contributed by atoms with Gasteiger partial charge in [-0.05, 0) is 42.3 Å². The number of H-pyrrole nitrogens is 1. The van der Waals surface area contributed by atoms with Gasteiger partial charge in [-0.25, -0.2) is 4.98 Å². The molecule has 0 spiro atoms. The topological polar surface area (TPSA) is 75.5 Å². The Morgan fingerprint density at radius 2 is 1.91 bits per heavy atom. The largest absolute Gasteiger partial charge is 0.348 e. The molecular weight excluding hydrogens is 290 g/mol. The van der Waals surface area contributed by atoms with Crippen LogP contribution in [0.1, 0.15) is 30.1 Å². The predicted molar refractivity (Wildman–Crippen MR) is 86.7 cm³/mol. The number of nitrogens with zero attached hydrogens (tertiary/aromatic N) is 6. The van der Waals surface area contributed by atoms with Gasteiger partial charge in [0, 0.05) is 24.7 Å². The molecule has 0 aliphatic carbocycles. The second-order valence-corrected chi connectivity index (χ2v) is 5.89. The molecule has 2 aromatic heterocycles. The molecule has 3 heterocycles. The monoisotopic (exact) mass is 309 g/mol. The Labute approximate surface area is 134 Å². The van der Waals surface area contributed by atoms with Gasteiger partial charge in [-0.3, -0.25) is 0 Å². The van der Waals surface area contributed by atoms with E-state index in [1.165, 1.54) is 5.69 Å². The molecule has 7 nitrogen and oxygen atoms in total. The van der Waals surface area contributed by atoms with Crippen molar-refractivity contribution in [2.45, 2.75) is 25.7 Å². The van der Waals surface area contributed by atoms with Gasteiger partial charge in [0.2, 0.25) is 5.95 Å². The minimum absolute atomic E-state index is 0.537. The molecule has 1 aromatic carbocycles. The first-order chi connectivity index (χ1) is 11.3. The molecule has 4 rings (SSSR count). The molecule has 0 unspecified atom stereocenters. The summed E-state index contributed by atoms with van der Waals surface area (Å²) < 4.78 is 1.81. The van der Waals surface area contributed by atoms with E-state index in [0.717, 1.165) is 43.3 Å². The fourth-order valence-electron chi connectivity index (χ4n) is 3.27. The lowest BCUT2D eigenvalue weighted by Crippen LogP contribution is -2.35. The normalized spacial score (nSPS) is 16.0. The predicted octanol–water partition coefficient (Wildman–Crippen LogP) is 2.08. The molecule has 1 N–H and O–H groups in total. The smallest absolute Gasteiger partial charge is 0.250 e. The van der Waals surface area contributed by atoms with Crippen LogP contribution in [-0.4, -0.2) is 43.3 Å². The Balaban J connectivity index is 1.52. The summed E-state index contributed by atoms with van der Waals surface area (Å²) in [6, 6.07) is 10.0. The van der Waals surface area contributed by atoms with Crippen LogP contribution in [0.2, 0.25) is 0 Å². The lowest BCUT2D eigenvalue weighted by atomic mass is 9.93. The average Bonchev–Trinajstić information content (AvgIpc) is 3.25. The van der Waals surface area contributed by atoms with Crippen molar-refractivity contribution >= 4 is 5.95 Å². The van der Waals surface area contributed by atoms with E-state index >= 15 is 0 Å². The number of hydrogen-bond donors (Lipinski definition) is 1. The SMILES string of the molecule is Cc1nc[nH]c1C1CCN(c2nnnn2-c2ccccc2)CC1. The zero-order valence-electron chi connectivity index (χ0n) is 13.1. The van der Waals surface area contributed by atoms with Crippen molar-refractivity contribution in [3.8, 4) is 5.69 Å². The highest BCUT2D eigenvalue weighted by Crippen LogP contribution is 2.30. The minimum Gasteiger partial charge on any atom is -0.348 e. The van der Waals surface area contributed by atoms with Crippen LogP contribution in [0.5, 0.6) is 0 Å². The van der Waals surface area contributed by atoms with Crippen LogP contribution in [-0.2, 0) is 0 Å². The third-order valence-electron chi connectivity index (χ3n) is 4.51. The van der Waals surface area contributed by atoms with E-state index in [1.54, 1.807) is 6.33 Å². The van der Waals surface area contributed by atoms with E-state index < -0.39 is 0 Å². The van der Waals surface area contributed by atoms with E-state index in [9.17, 15) is 0 Å². The molecule has 0 atom stereocenters. The molecule has 0 radical (unpaired) electrons. The van der Waals surface area contributed by atoms with E-state index in [1.807, 2.05) is 35.0 Å². The number of imidazole rings is 1. The molecular formula is C16H19N7. The van der Waals surface area contributed by atoms with Gasteiger partial charge in [-0.2, -0.15) is 4.68 Å². The molecule has 1 fully saturated rings. The highest BCUT2D eigenvalue weighted by molar-refractivity contribution is 5.41. The summed E-state index contributed by atoms with van der Waals surface area (Å²) >= 11 is 0. The van der Waals surface area contributed by atoms with Crippen molar-refractivity contribution in [1.29, 1.82) is 0 Å². The molecule has 0 saturated carbocycles. The summed E-state index contributed by atoms with van der Waals surface area (Å²) in [5.41, 5.74) is 3.36. The van der Waals surface area contributed by atoms with Crippen molar-refractivity contribution in [3.63, 3.8) is 0 Å². The summed E-state index contributed by atoms with van der Waals surface area (Å²) in [5.74, 6) is 1.35. The van der Waals surface area contributed by atoms with Crippen LogP contribution in [0.4, 0.5) is 5.95 Å². The van der Waals surface area contributed by atoms with Crippen LogP contribution in [0.15, 0.2) is 36.7 Å². The summed E-state index contributed by atoms with van der Waals surface area (Å²) in [7, 11) is 0. The third-order valence-corrected chi connectivity index (χ3v) is 4.51.